The fourth-order valence-corrected chi connectivity index (χ4v) is 9.30. The summed E-state index contributed by atoms with van der Waals surface area (Å²) >= 11 is 0. The van der Waals surface area contributed by atoms with Gasteiger partial charge in [0.2, 0.25) is 0 Å². The molecule has 1 atom stereocenters. The minimum atomic E-state index is -0.108. The molecule has 11 rings (SSSR count). The first-order chi connectivity index (χ1) is 32.1. The van der Waals surface area contributed by atoms with E-state index in [9.17, 15) is 5.26 Å². The Morgan fingerprint density at radius 3 is 1.78 bits per heavy atom. The molecule has 0 saturated carbocycles. The van der Waals surface area contributed by atoms with E-state index in [1.54, 1.807) is 0 Å². The molecule has 4 nitrogen and oxygen atoms in total. The molecule has 1 aliphatic carbocycles. The first kappa shape index (κ1) is 39.5. The number of hydrogen-bond donors (Lipinski definition) is 0. The molecule has 2 aliphatic rings. The molecule has 2 heterocycles. The zero-order valence-electron chi connectivity index (χ0n) is 35.8. The number of hydrogen-bond acceptors (Lipinski definition) is 4. The Hall–Kier alpha value is -8.39. The summed E-state index contributed by atoms with van der Waals surface area (Å²) < 4.78 is 6.97. The molecular weight excluding hydrogens is 791 g/mol. The summed E-state index contributed by atoms with van der Waals surface area (Å²) in [5.41, 5.74) is 19.2. The predicted octanol–water partition coefficient (Wildman–Crippen LogP) is 15.7. The van der Waals surface area contributed by atoms with Gasteiger partial charge in [-0.3, -0.25) is 4.99 Å². The third-order valence-corrected chi connectivity index (χ3v) is 12.8. The average molecular weight is 834 g/mol. The minimum Gasteiger partial charge on any atom is -0.455 e. The molecule has 9 aromatic rings. The number of amidine groups is 1. The van der Waals surface area contributed by atoms with Crippen LogP contribution in [0.1, 0.15) is 64.2 Å². The Morgan fingerprint density at radius 2 is 1.14 bits per heavy atom. The highest BCUT2D eigenvalue weighted by Crippen LogP contribution is 2.43. The van der Waals surface area contributed by atoms with Crippen LogP contribution < -0.4 is 0 Å². The van der Waals surface area contributed by atoms with Crippen molar-refractivity contribution in [3.63, 3.8) is 0 Å². The van der Waals surface area contributed by atoms with Crippen LogP contribution in [0.15, 0.2) is 221 Å². The first-order valence-corrected chi connectivity index (χ1v) is 22.2. The molecule has 308 valence electrons. The van der Waals surface area contributed by atoms with Crippen LogP contribution in [0, 0.1) is 11.3 Å². The highest BCUT2D eigenvalue weighted by Gasteiger charge is 2.26. The Bertz CT molecular complexity index is 3420. The van der Waals surface area contributed by atoms with Gasteiger partial charge in [0, 0.05) is 33.9 Å². The lowest BCUT2D eigenvalue weighted by Gasteiger charge is -2.22. The SMILES string of the molecule is C=Cc1ccc(C2=CC=C(c3cc(-c4ccc(-c5ccc(C#N)cc5)cc4)c4oc5cccc(C6=NC(c7ccc(-c8ccccc8)cc7)=NC(c7ccccc7)C6)c5c4c3)CC2)cc1. The van der Waals surface area contributed by atoms with Crippen molar-refractivity contribution < 1.29 is 4.42 Å². The van der Waals surface area contributed by atoms with E-state index in [0.29, 0.717) is 12.0 Å². The summed E-state index contributed by atoms with van der Waals surface area (Å²) in [5.74, 6) is 0.724. The van der Waals surface area contributed by atoms with Gasteiger partial charge >= 0.3 is 0 Å². The smallest absolute Gasteiger partial charge is 0.155 e. The lowest BCUT2D eigenvalue weighted by atomic mass is 9.87. The van der Waals surface area contributed by atoms with Gasteiger partial charge in [-0.25, -0.2) is 4.99 Å². The molecule has 0 N–H and O–H groups in total. The van der Waals surface area contributed by atoms with Crippen molar-refractivity contribution in [1.29, 1.82) is 5.26 Å². The van der Waals surface area contributed by atoms with Gasteiger partial charge in [-0.1, -0.05) is 183 Å². The van der Waals surface area contributed by atoms with Crippen molar-refractivity contribution in [2.45, 2.75) is 25.3 Å². The number of nitrogens with zero attached hydrogens (tertiary/aromatic N) is 3. The number of furan rings is 1. The number of fused-ring (bicyclic) bond motifs is 3. The summed E-state index contributed by atoms with van der Waals surface area (Å²) in [7, 11) is 0. The van der Waals surface area contributed by atoms with Gasteiger partial charge < -0.3 is 4.42 Å². The van der Waals surface area contributed by atoms with Crippen molar-refractivity contribution in [2.75, 3.05) is 0 Å². The van der Waals surface area contributed by atoms with Crippen molar-refractivity contribution in [1.82, 2.24) is 0 Å². The van der Waals surface area contributed by atoms with E-state index < -0.39 is 0 Å². The zero-order chi connectivity index (χ0) is 43.7. The fraction of sp³-hybridized carbons (Fsp3) is 0.0656. The Kier molecular flexibility index (Phi) is 10.4. The number of nitriles is 1. The lowest BCUT2D eigenvalue weighted by molar-refractivity contribution is 0.670. The molecule has 0 amide bonds. The largest absolute Gasteiger partial charge is 0.455 e. The van der Waals surface area contributed by atoms with E-state index in [1.165, 1.54) is 27.8 Å². The van der Waals surface area contributed by atoms with Gasteiger partial charge in [0.1, 0.15) is 11.2 Å². The third kappa shape index (κ3) is 7.75. The maximum Gasteiger partial charge on any atom is 0.155 e. The van der Waals surface area contributed by atoms with Gasteiger partial charge in [0.15, 0.2) is 5.84 Å². The zero-order valence-corrected chi connectivity index (χ0v) is 35.8. The van der Waals surface area contributed by atoms with E-state index in [-0.39, 0.29) is 6.04 Å². The lowest BCUT2D eigenvalue weighted by Crippen LogP contribution is -2.17. The summed E-state index contributed by atoms with van der Waals surface area (Å²) in [6.45, 7) is 3.93. The highest BCUT2D eigenvalue weighted by molar-refractivity contribution is 6.24. The summed E-state index contributed by atoms with van der Waals surface area (Å²) in [5, 5.41) is 11.5. The molecule has 8 aromatic carbocycles. The second kappa shape index (κ2) is 17.1. The van der Waals surface area contributed by atoms with E-state index in [0.717, 1.165) is 96.4 Å². The van der Waals surface area contributed by atoms with Crippen molar-refractivity contribution in [3.8, 4) is 39.4 Å². The van der Waals surface area contributed by atoms with Gasteiger partial charge in [0.25, 0.3) is 0 Å². The van der Waals surface area contributed by atoms with Gasteiger partial charge in [0.05, 0.1) is 23.4 Å². The quantitative estimate of drug-likeness (QED) is 0.145. The average Bonchev–Trinajstić information content (AvgIpc) is 3.78. The fourth-order valence-electron chi connectivity index (χ4n) is 9.30. The van der Waals surface area contributed by atoms with Crippen LogP contribution in [0.25, 0.3) is 72.5 Å². The van der Waals surface area contributed by atoms with E-state index in [1.807, 2.05) is 36.4 Å². The predicted molar refractivity (Wildman–Crippen MR) is 270 cm³/mol. The molecule has 0 spiro atoms. The van der Waals surface area contributed by atoms with Crippen molar-refractivity contribution in [3.05, 3.63) is 246 Å². The normalized spacial score (nSPS) is 14.8. The number of allylic oxidation sites excluding steroid dienone is 4. The van der Waals surface area contributed by atoms with Crippen LogP contribution >= 0.6 is 0 Å². The molecule has 1 aliphatic heterocycles. The van der Waals surface area contributed by atoms with Crippen LogP contribution in [0.2, 0.25) is 0 Å². The Balaban J connectivity index is 1.05. The van der Waals surface area contributed by atoms with E-state index in [4.69, 9.17) is 14.4 Å². The van der Waals surface area contributed by atoms with Gasteiger partial charge in [-0.2, -0.15) is 5.26 Å². The van der Waals surface area contributed by atoms with Crippen molar-refractivity contribution >= 4 is 50.7 Å². The number of benzene rings is 8. The monoisotopic (exact) mass is 833 g/mol. The van der Waals surface area contributed by atoms with Gasteiger partial charge in [-0.05, 0) is 104 Å². The van der Waals surface area contributed by atoms with Crippen LogP contribution in [-0.4, -0.2) is 11.5 Å². The van der Waals surface area contributed by atoms with E-state index in [2.05, 4.69) is 183 Å². The Labute approximate surface area is 379 Å². The first-order valence-electron chi connectivity index (χ1n) is 22.2. The molecule has 65 heavy (non-hydrogen) atoms. The number of rotatable bonds is 9. The molecule has 0 bridgehead atoms. The topological polar surface area (TPSA) is 61.6 Å². The molecule has 4 heteroatoms. The highest BCUT2D eigenvalue weighted by atomic mass is 16.3. The number of aliphatic imine (C=N–C) groups is 2. The molecule has 0 fully saturated rings. The summed E-state index contributed by atoms with van der Waals surface area (Å²) in [4.78, 5) is 10.7. The van der Waals surface area contributed by atoms with Crippen LogP contribution in [0.5, 0.6) is 0 Å². The second-order valence-electron chi connectivity index (χ2n) is 16.7. The molecule has 0 radical (unpaired) electrons. The second-order valence-corrected chi connectivity index (χ2v) is 16.7. The van der Waals surface area contributed by atoms with Crippen molar-refractivity contribution in [2.24, 2.45) is 9.98 Å². The van der Waals surface area contributed by atoms with Gasteiger partial charge in [-0.15, -0.1) is 0 Å². The maximum absolute atomic E-state index is 9.37. The van der Waals surface area contributed by atoms with Crippen LogP contribution in [0.4, 0.5) is 0 Å². The van der Waals surface area contributed by atoms with Crippen LogP contribution in [0.3, 0.4) is 0 Å². The van der Waals surface area contributed by atoms with E-state index >= 15 is 0 Å². The minimum absolute atomic E-state index is 0.108. The third-order valence-electron chi connectivity index (χ3n) is 12.8. The molecular formula is C61H43N3O. The standard InChI is InChI=1S/C61H43N3O/c1-2-40-16-20-43(21-17-40)46-24-26-48(27-25-46)52-36-54(49-32-28-47(29-33-49)44-22-18-41(39-62)19-23-44)60-55(37-52)59-53(14-9-15-58(59)65-60)57-38-56(50-12-7-4-8-13-50)63-61(64-57)51-34-30-45(31-35-51)42-10-5-3-6-11-42/h2-24,26,28-37,56H,1,25,27,38H2. The molecule has 1 aromatic heterocycles. The molecule has 1 unspecified atom stereocenters. The summed E-state index contributed by atoms with van der Waals surface area (Å²) in [6, 6.07) is 67.8. The Morgan fingerprint density at radius 1 is 0.554 bits per heavy atom. The maximum atomic E-state index is 9.37. The summed E-state index contributed by atoms with van der Waals surface area (Å²) in [6.07, 6.45) is 8.96. The van der Waals surface area contributed by atoms with Crippen LogP contribution in [-0.2, 0) is 0 Å². The molecule has 0 saturated heterocycles.